The van der Waals surface area contributed by atoms with E-state index >= 15 is 0 Å². The van der Waals surface area contributed by atoms with E-state index in [4.69, 9.17) is 10.8 Å². The number of carbonyl (C=O) groups is 2. The van der Waals surface area contributed by atoms with E-state index < -0.39 is 5.97 Å². The first-order valence-electron chi connectivity index (χ1n) is 5.69. The lowest BCUT2D eigenvalue weighted by atomic mass is 10.0. The molecular weight excluding hydrogens is 254 g/mol. The van der Waals surface area contributed by atoms with Crippen LogP contribution < -0.4 is 11.1 Å². The second-order valence-electron chi connectivity index (χ2n) is 4.04. The smallest absolute Gasteiger partial charge is 0.340 e. The van der Waals surface area contributed by atoms with Crippen molar-refractivity contribution in [2.24, 2.45) is 11.7 Å². The van der Waals surface area contributed by atoms with Crippen molar-refractivity contribution < 1.29 is 14.7 Å². The average molecular weight is 271 g/mol. The maximum Gasteiger partial charge on any atom is 0.340 e. The lowest BCUT2D eigenvalue weighted by Crippen LogP contribution is -2.22. The Hall–Kier alpha value is -1.47. The Labute approximate surface area is 109 Å². The number of carboxylic acids is 1. The van der Waals surface area contributed by atoms with E-state index in [2.05, 4.69) is 9.69 Å². The van der Waals surface area contributed by atoms with Crippen LogP contribution in [0.5, 0.6) is 0 Å². The summed E-state index contributed by atoms with van der Waals surface area (Å²) < 4.78 is 3.93. The molecule has 0 aliphatic rings. The van der Waals surface area contributed by atoms with Gasteiger partial charge in [0.2, 0.25) is 5.91 Å². The summed E-state index contributed by atoms with van der Waals surface area (Å²) in [5, 5.41) is 11.9. The zero-order chi connectivity index (χ0) is 13.7. The maximum absolute atomic E-state index is 11.7. The summed E-state index contributed by atoms with van der Waals surface area (Å²) in [7, 11) is 0. The zero-order valence-corrected chi connectivity index (χ0v) is 11.2. The van der Waals surface area contributed by atoms with E-state index in [1.807, 2.05) is 6.92 Å². The van der Waals surface area contributed by atoms with E-state index in [9.17, 15) is 9.59 Å². The Morgan fingerprint density at radius 3 is 2.72 bits per heavy atom. The van der Waals surface area contributed by atoms with Gasteiger partial charge in [-0.3, -0.25) is 4.79 Å². The largest absolute Gasteiger partial charge is 0.478 e. The van der Waals surface area contributed by atoms with Gasteiger partial charge in [0.05, 0.1) is 5.69 Å². The van der Waals surface area contributed by atoms with Crippen molar-refractivity contribution in [3.05, 3.63) is 11.3 Å². The molecule has 1 rings (SSSR count). The molecular formula is C11H17N3O3S. The molecule has 1 amide bonds. The molecule has 0 radical (unpaired) electrons. The monoisotopic (exact) mass is 271 g/mol. The van der Waals surface area contributed by atoms with Gasteiger partial charge in [-0.2, -0.15) is 4.37 Å². The number of nitrogens with zero attached hydrogens (tertiary/aromatic N) is 1. The minimum absolute atomic E-state index is 0.0640. The molecule has 0 aliphatic heterocycles. The van der Waals surface area contributed by atoms with Gasteiger partial charge in [0, 0.05) is 6.42 Å². The summed E-state index contributed by atoms with van der Waals surface area (Å²) >= 11 is 0.981. The molecule has 0 fully saturated rings. The molecule has 0 saturated heterocycles. The fourth-order valence-corrected chi connectivity index (χ4v) is 2.35. The van der Waals surface area contributed by atoms with E-state index in [-0.39, 0.29) is 22.4 Å². The SMILES string of the molecule is CCC(CN)CC(=O)Nc1snc(C)c1C(=O)O. The van der Waals surface area contributed by atoms with Gasteiger partial charge in [-0.15, -0.1) is 0 Å². The topological polar surface area (TPSA) is 105 Å². The third-order valence-corrected chi connectivity index (χ3v) is 3.57. The number of amides is 1. The number of aromatic carboxylic acids is 1. The van der Waals surface area contributed by atoms with Gasteiger partial charge in [0.15, 0.2) is 0 Å². The highest BCUT2D eigenvalue weighted by atomic mass is 32.1. The molecule has 4 N–H and O–H groups in total. The lowest BCUT2D eigenvalue weighted by molar-refractivity contribution is -0.117. The van der Waals surface area contributed by atoms with E-state index in [1.54, 1.807) is 6.92 Å². The van der Waals surface area contributed by atoms with Crippen LogP contribution in [0.15, 0.2) is 0 Å². The highest BCUT2D eigenvalue weighted by Gasteiger charge is 2.20. The highest BCUT2D eigenvalue weighted by Crippen LogP contribution is 2.24. The summed E-state index contributed by atoms with van der Waals surface area (Å²) in [6.07, 6.45) is 1.11. The number of nitrogens with one attached hydrogen (secondary N) is 1. The molecule has 0 saturated carbocycles. The van der Waals surface area contributed by atoms with Crippen LogP contribution in [0, 0.1) is 12.8 Å². The fraction of sp³-hybridized carbons (Fsp3) is 0.545. The number of rotatable bonds is 6. The Balaban J connectivity index is 2.73. The van der Waals surface area contributed by atoms with Crippen LogP contribution in [0.2, 0.25) is 0 Å². The quantitative estimate of drug-likeness (QED) is 0.726. The van der Waals surface area contributed by atoms with E-state index in [0.29, 0.717) is 18.7 Å². The molecule has 0 aromatic carbocycles. The molecule has 0 aliphatic carbocycles. The number of aryl methyl sites for hydroxylation is 1. The summed E-state index contributed by atoms with van der Waals surface area (Å²) in [4.78, 5) is 22.8. The number of hydrogen-bond acceptors (Lipinski definition) is 5. The summed E-state index contributed by atoms with van der Waals surface area (Å²) in [5.74, 6) is -1.19. The first kappa shape index (κ1) is 14.6. The third-order valence-electron chi connectivity index (χ3n) is 2.71. The van der Waals surface area contributed by atoms with Crippen molar-refractivity contribution in [1.82, 2.24) is 4.37 Å². The normalized spacial score (nSPS) is 12.2. The van der Waals surface area contributed by atoms with Gasteiger partial charge in [-0.25, -0.2) is 4.79 Å². The van der Waals surface area contributed by atoms with Crippen molar-refractivity contribution in [2.75, 3.05) is 11.9 Å². The number of carbonyl (C=O) groups excluding carboxylic acids is 1. The number of anilines is 1. The van der Waals surface area contributed by atoms with E-state index in [1.165, 1.54) is 0 Å². The van der Waals surface area contributed by atoms with Crippen LogP contribution >= 0.6 is 11.5 Å². The van der Waals surface area contributed by atoms with Crippen LogP contribution in [-0.4, -0.2) is 27.9 Å². The van der Waals surface area contributed by atoms with E-state index in [0.717, 1.165) is 18.0 Å². The van der Waals surface area contributed by atoms with Crippen molar-refractivity contribution in [1.29, 1.82) is 0 Å². The number of nitrogens with two attached hydrogens (primary N) is 1. The van der Waals surface area contributed by atoms with Crippen LogP contribution in [-0.2, 0) is 4.79 Å². The third kappa shape index (κ3) is 3.51. The molecule has 0 spiro atoms. The molecule has 1 unspecified atom stereocenters. The molecule has 1 aromatic rings. The van der Waals surface area contributed by atoms with Crippen molar-refractivity contribution in [3.8, 4) is 0 Å². The summed E-state index contributed by atoms with van der Waals surface area (Å²) in [6.45, 7) is 4.01. The molecule has 1 aromatic heterocycles. The summed E-state index contributed by atoms with van der Waals surface area (Å²) in [5.41, 5.74) is 6.00. The number of hydrogen-bond donors (Lipinski definition) is 3. The van der Waals surface area contributed by atoms with Gasteiger partial charge in [-0.05, 0) is 30.9 Å². The average Bonchev–Trinajstić information content (AvgIpc) is 2.67. The van der Waals surface area contributed by atoms with Crippen molar-refractivity contribution >= 4 is 28.4 Å². The standard InChI is InChI=1S/C11H17N3O3S/c1-3-7(5-12)4-8(15)13-10-9(11(16)17)6(2)14-18-10/h7H,3-5,12H2,1-2H3,(H,13,15)(H,16,17). The van der Waals surface area contributed by atoms with Crippen molar-refractivity contribution in [3.63, 3.8) is 0 Å². The Bertz CT molecular complexity index is 441. The molecule has 7 heteroatoms. The first-order chi connectivity index (χ1) is 8.49. The molecule has 1 atom stereocenters. The zero-order valence-electron chi connectivity index (χ0n) is 10.4. The minimum atomic E-state index is -1.08. The van der Waals surface area contributed by atoms with Crippen LogP contribution in [0.25, 0.3) is 0 Å². The fourth-order valence-electron chi connectivity index (χ4n) is 1.54. The molecule has 0 bridgehead atoms. The van der Waals surface area contributed by atoms with Gasteiger partial charge in [0.25, 0.3) is 0 Å². The van der Waals surface area contributed by atoms with Crippen LogP contribution in [0.1, 0.15) is 35.8 Å². The van der Waals surface area contributed by atoms with Gasteiger partial charge in [0.1, 0.15) is 10.6 Å². The predicted octanol–water partition coefficient (Wildman–Crippen LogP) is 1.46. The minimum Gasteiger partial charge on any atom is -0.478 e. The summed E-state index contributed by atoms with van der Waals surface area (Å²) in [6, 6.07) is 0. The Morgan fingerprint density at radius 1 is 1.56 bits per heavy atom. The predicted molar refractivity (Wildman–Crippen MR) is 69.9 cm³/mol. The van der Waals surface area contributed by atoms with Crippen LogP contribution in [0.4, 0.5) is 5.00 Å². The second-order valence-corrected chi connectivity index (χ2v) is 4.81. The maximum atomic E-state index is 11.7. The van der Waals surface area contributed by atoms with Gasteiger partial charge < -0.3 is 16.2 Å². The van der Waals surface area contributed by atoms with Crippen LogP contribution in [0.3, 0.4) is 0 Å². The van der Waals surface area contributed by atoms with Gasteiger partial charge in [-0.1, -0.05) is 13.3 Å². The highest BCUT2D eigenvalue weighted by molar-refractivity contribution is 7.11. The second kappa shape index (κ2) is 6.46. The molecule has 100 valence electrons. The number of carboxylic acid groups (broad SMARTS) is 1. The lowest BCUT2D eigenvalue weighted by Gasteiger charge is -2.11. The Kier molecular flexibility index (Phi) is 5.24. The van der Waals surface area contributed by atoms with Gasteiger partial charge >= 0.3 is 5.97 Å². The number of aromatic nitrogens is 1. The van der Waals surface area contributed by atoms with Crippen molar-refractivity contribution in [2.45, 2.75) is 26.7 Å². The first-order valence-corrected chi connectivity index (χ1v) is 6.46. The molecule has 18 heavy (non-hydrogen) atoms. The Morgan fingerprint density at radius 2 is 2.22 bits per heavy atom. The molecule has 6 nitrogen and oxygen atoms in total. The molecule has 1 heterocycles.